The van der Waals surface area contributed by atoms with E-state index in [0.29, 0.717) is 5.69 Å². The van der Waals surface area contributed by atoms with Crippen LogP contribution in [0.4, 0.5) is 5.69 Å². The van der Waals surface area contributed by atoms with Crippen LogP contribution < -0.4 is 9.88 Å². The summed E-state index contributed by atoms with van der Waals surface area (Å²) in [5, 5.41) is 9.94. The first kappa shape index (κ1) is 21.5. The monoisotopic (exact) mass is 446 g/mol. The number of hydrogen-bond acceptors (Lipinski definition) is 5. The first-order chi connectivity index (χ1) is 15.3. The molecule has 3 aromatic carbocycles. The average Bonchev–Trinajstić information content (AvgIpc) is 3.22. The van der Waals surface area contributed by atoms with E-state index in [4.69, 9.17) is 15.0 Å². The first-order valence-corrected chi connectivity index (χ1v) is 11.4. The minimum atomic E-state index is -3.76. The Balaban J connectivity index is 1.74. The lowest BCUT2D eigenvalue weighted by molar-refractivity contribution is 0.415. The second kappa shape index (κ2) is 8.78. The van der Waals surface area contributed by atoms with E-state index < -0.39 is 10.0 Å². The Morgan fingerprint density at radius 3 is 2.22 bits per heavy atom. The highest BCUT2D eigenvalue weighted by Gasteiger charge is 2.13. The molecule has 4 rings (SSSR count). The van der Waals surface area contributed by atoms with Gasteiger partial charge in [-0.05, 0) is 55.5 Å². The van der Waals surface area contributed by atoms with E-state index >= 15 is 0 Å². The lowest BCUT2D eigenvalue weighted by Gasteiger charge is -2.03. The fourth-order valence-electron chi connectivity index (χ4n) is 3.15. The molecule has 0 aliphatic heterocycles. The number of aryl methyl sites for hydroxylation is 1. The van der Waals surface area contributed by atoms with Crippen LogP contribution in [0.3, 0.4) is 0 Å². The Kier molecular flexibility index (Phi) is 5.89. The van der Waals surface area contributed by atoms with Crippen LogP contribution in [0.15, 0.2) is 88.9 Å². The number of rotatable bonds is 6. The van der Waals surface area contributed by atoms with Gasteiger partial charge in [0.05, 0.1) is 23.4 Å². The van der Waals surface area contributed by atoms with Crippen LogP contribution >= 0.6 is 0 Å². The van der Waals surface area contributed by atoms with Gasteiger partial charge in [0.1, 0.15) is 11.4 Å². The first-order valence-electron chi connectivity index (χ1n) is 9.81. The summed E-state index contributed by atoms with van der Waals surface area (Å²) >= 11 is 0. The highest BCUT2D eigenvalue weighted by Crippen LogP contribution is 2.25. The Hall–Kier alpha value is -3.75. The Morgan fingerprint density at radius 1 is 0.969 bits per heavy atom. The molecule has 0 unspecified atom stereocenters. The summed E-state index contributed by atoms with van der Waals surface area (Å²) in [5.41, 5.74) is 5.17. The molecule has 8 heteroatoms. The lowest BCUT2D eigenvalue weighted by atomic mass is 10.1. The highest BCUT2D eigenvalue weighted by atomic mass is 32.2. The molecule has 0 bridgehead atoms. The molecular formula is C24H22N4O3S. The largest absolute Gasteiger partial charge is 0.497 e. The van der Waals surface area contributed by atoms with E-state index in [-0.39, 0.29) is 4.90 Å². The van der Waals surface area contributed by atoms with Crippen LogP contribution in [0.1, 0.15) is 11.1 Å². The summed E-state index contributed by atoms with van der Waals surface area (Å²) in [7, 11) is -2.13. The predicted molar refractivity (Wildman–Crippen MR) is 125 cm³/mol. The number of methoxy groups -OCH3 is 1. The van der Waals surface area contributed by atoms with Crippen LogP contribution in [0.5, 0.6) is 5.75 Å². The molecule has 0 atom stereocenters. The number of aliphatic imine (C=N–C) groups is 1. The van der Waals surface area contributed by atoms with Gasteiger partial charge in [0.15, 0.2) is 0 Å². The van der Waals surface area contributed by atoms with Crippen molar-refractivity contribution >= 4 is 21.9 Å². The maximum Gasteiger partial charge on any atom is 0.238 e. The van der Waals surface area contributed by atoms with Crippen LogP contribution in [-0.4, -0.2) is 31.5 Å². The molecule has 0 spiro atoms. The average molecular weight is 447 g/mol. The van der Waals surface area contributed by atoms with Crippen molar-refractivity contribution in [3.63, 3.8) is 0 Å². The minimum Gasteiger partial charge on any atom is -0.497 e. The normalized spacial score (nSPS) is 11.7. The lowest BCUT2D eigenvalue weighted by Crippen LogP contribution is -2.12. The van der Waals surface area contributed by atoms with Crippen molar-refractivity contribution in [2.75, 3.05) is 7.11 Å². The highest BCUT2D eigenvalue weighted by molar-refractivity contribution is 7.89. The van der Waals surface area contributed by atoms with Gasteiger partial charge >= 0.3 is 0 Å². The quantitative estimate of drug-likeness (QED) is 0.448. The zero-order chi connectivity index (χ0) is 22.7. The molecule has 4 aromatic rings. The zero-order valence-corrected chi connectivity index (χ0v) is 18.5. The van der Waals surface area contributed by atoms with Gasteiger partial charge in [-0.15, -0.1) is 0 Å². The number of sulfonamides is 1. The topological polar surface area (TPSA) is 99.6 Å². The summed E-state index contributed by atoms with van der Waals surface area (Å²) in [6, 6.07) is 21.8. The summed E-state index contributed by atoms with van der Waals surface area (Å²) in [4.78, 5) is 4.63. The number of nitrogens with zero attached hydrogens (tertiary/aromatic N) is 3. The van der Waals surface area contributed by atoms with Crippen molar-refractivity contribution in [2.45, 2.75) is 11.8 Å². The molecule has 2 N–H and O–H groups in total. The number of primary sulfonamides is 1. The Labute approximate surface area is 186 Å². The van der Waals surface area contributed by atoms with Crippen molar-refractivity contribution in [2.24, 2.45) is 10.1 Å². The van der Waals surface area contributed by atoms with Crippen LogP contribution in [0, 0.1) is 6.92 Å². The van der Waals surface area contributed by atoms with Gasteiger partial charge in [-0.1, -0.05) is 29.8 Å². The van der Waals surface area contributed by atoms with E-state index in [2.05, 4.69) is 4.99 Å². The standard InChI is InChI=1S/C24H22N4O3S/c1-17-3-5-18(6-4-17)24-19(15-26-20-7-11-22(31-2)12-8-20)16-28(27-24)21-9-13-23(14-10-21)32(25,29)30/h3-16H,1-2H3,(H2,25,29,30). The predicted octanol–water partition coefficient (Wildman–Crippen LogP) is 4.25. The van der Waals surface area contributed by atoms with Crippen LogP contribution in [0.25, 0.3) is 16.9 Å². The third kappa shape index (κ3) is 4.77. The second-order valence-electron chi connectivity index (χ2n) is 7.24. The molecule has 0 fully saturated rings. The number of nitrogens with two attached hydrogens (primary N) is 1. The number of hydrogen-bond donors (Lipinski definition) is 1. The fraction of sp³-hybridized carbons (Fsp3) is 0.0833. The second-order valence-corrected chi connectivity index (χ2v) is 8.80. The number of benzene rings is 3. The Bertz CT molecular complexity index is 1360. The van der Waals surface area contributed by atoms with E-state index in [1.54, 1.807) is 30.1 Å². The molecular weight excluding hydrogens is 424 g/mol. The third-order valence-corrected chi connectivity index (χ3v) is 5.85. The number of aromatic nitrogens is 2. The molecule has 32 heavy (non-hydrogen) atoms. The van der Waals surface area contributed by atoms with Gasteiger partial charge in [0.2, 0.25) is 10.0 Å². The molecule has 162 valence electrons. The van der Waals surface area contributed by atoms with Gasteiger partial charge in [-0.2, -0.15) is 5.10 Å². The van der Waals surface area contributed by atoms with Crippen LogP contribution in [-0.2, 0) is 10.0 Å². The molecule has 0 amide bonds. The van der Waals surface area contributed by atoms with Crippen molar-refractivity contribution < 1.29 is 13.2 Å². The molecule has 1 aromatic heterocycles. The van der Waals surface area contributed by atoms with Gasteiger partial charge in [0.25, 0.3) is 0 Å². The van der Waals surface area contributed by atoms with Crippen molar-refractivity contribution in [1.82, 2.24) is 9.78 Å². The smallest absolute Gasteiger partial charge is 0.238 e. The minimum absolute atomic E-state index is 0.0495. The zero-order valence-electron chi connectivity index (χ0n) is 17.6. The van der Waals surface area contributed by atoms with Gasteiger partial charge in [-0.25, -0.2) is 18.2 Å². The van der Waals surface area contributed by atoms with Crippen molar-refractivity contribution in [3.8, 4) is 22.7 Å². The summed E-state index contributed by atoms with van der Waals surface area (Å²) < 4.78 is 30.0. The fourth-order valence-corrected chi connectivity index (χ4v) is 3.67. The van der Waals surface area contributed by atoms with Crippen LogP contribution in [0.2, 0.25) is 0 Å². The van der Waals surface area contributed by atoms with Gasteiger partial charge < -0.3 is 4.74 Å². The molecule has 0 aliphatic carbocycles. The molecule has 0 saturated carbocycles. The number of ether oxygens (including phenoxy) is 1. The maximum atomic E-state index is 11.5. The molecule has 7 nitrogen and oxygen atoms in total. The summed E-state index contributed by atoms with van der Waals surface area (Å²) in [6.45, 7) is 2.03. The molecule has 0 radical (unpaired) electrons. The third-order valence-electron chi connectivity index (χ3n) is 4.92. The van der Waals surface area contributed by atoms with E-state index in [9.17, 15) is 8.42 Å². The van der Waals surface area contributed by atoms with Crippen molar-refractivity contribution in [1.29, 1.82) is 0 Å². The molecule has 1 heterocycles. The van der Waals surface area contributed by atoms with Crippen molar-refractivity contribution in [3.05, 3.63) is 90.1 Å². The van der Waals surface area contributed by atoms with E-state index in [1.807, 2.05) is 61.7 Å². The summed E-state index contributed by atoms with van der Waals surface area (Å²) in [6.07, 6.45) is 3.62. The maximum absolute atomic E-state index is 11.5. The molecule has 0 saturated heterocycles. The van der Waals surface area contributed by atoms with E-state index in [0.717, 1.165) is 33.8 Å². The van der Waals surface area contributed by atoms with Gasteiger partial charge in [0, 0.05) is 23.5 Å². The van der Waals surface area contributed by atoms with E-state index in [1.165, 1.54) is 12.1 Å². The summed E-state index contributed by atoms with van der Waals surface area (Å²) in [5.74, 6) is 0.764. The molecule has 0 aliphatic rings. The SMILES string of the molecule is COc1ccc(N=Cc2cn(-c3ccc(S(N)(=O)=O)cc3)nc2-c2ccc(C)cc2)cc1. The van der Waals surface area contributed by atoms with Gasteiger partial charge in [-0.3, -0.25) is 4.99 Å². The Morgan fingerprint density at radius 2 is 1.62 bits per heavy atom.